The van der Waals surface area contributed by atoms with Crippen molar-refractivity contribution in [2.45, 2.75) is 25.9 Å². The van der Waals surface area contributed by atoms with E-state index < -0.39 is 0 Å². The monoisotopic (exact) mass is 294 g/mol. The van der Waals surface area contributed by atoms with Crippen molar-refractivity contribution in [3.8, 4) is 11.5 Å². The number of benzene rings is 2. The van der Waals surface area contributed by atoms with Gasteiger partial charge in [-0.2, -0.15) is 0 Å². The number of hydrogen-bond acceptors (Lipinski definition) is 2. The number of hydrogen-bond donors (Lipinski definition) is 0. The number of ether oxygens (including phenoxy) is 2. The van der Waals surface area contributed by atoms with Gasteiger partial charge in [0, 0.05) is 0 Å². The van der Waals surface area contributed by atoms with Gasteiger partial charge >= 0.3 is 0 Å². The largest absolute Gasteiger partial charge is 0.493 e. The van der Waals surface area contributed by atoms with E-state index >= 15 is 0 Å². The van der Waals surface area contributed by atoms with Gasteiger partial charge in [0.2, 0.25) is 0 Å². The van der Waals surface area contributed by atoms with E-state index in [0.29, 0.717) is 6.61 Å². The van der Waals surface area contributed by atoms with Crippen molar-refractivity contribution in [1.82, 2.24) is 0 Å². The van der Waals surface area contributed by atoms with E-state index in [0.717, 1.165) is 29.4 Å². The quantitative estimate of drug-likeness (QED) is 0.684. The van der Waals surface area contributed by atoms with Gasteiger partial charge in [-0.15, -0.1) is 0 Å². The van der Waals surface area contributed by atoms with Gasteiger partial charge in [-0.1, -0.05) is 48.6 Å². The molecule has 0 N–H and O–H groups in total. The van der Waals surface area contributed by atoms with Crippen molar-refractivity contribution < 1.29 is 9.47 Å². The highest BCUT2D eigenvalue weighted by Gasteiger charge is 2.16. The summed E-state index contributed by atoms with van der Waals surface area (Å²) in [6, 6.07) is 16.4. The van der Waals surface area contributed by atoms with Gasteiger partial charge in [-0.25, -0.2) is 0 Å². The molecule has 1 aliphatic rings. The fourth-order valence-electron chi connectivity index (χ4n) is 2.38. The predicted octanol–water partition coefficient (Wildman–Crippen LogP) is 4.78. The van der Waals surface area contributed by atoms with E-state index in [-0.39, 0.29) is 0 Å². The van der Waals surface area contributed by atoms with Crippen molar-refractivity contribution in [1.29, 1.82) is 0 Å². The lowest BCUT2D eigenvalue weighted by atomic mass is 10.1. The maximum atomic E-state index is 5.95. The van der Waals surface area contributed by atoms with E-state index in [4.69, 9.17) is 9.47 Å². The summed E-state index contributed by atoms with van der Waals surface area (Å²) in [6.45, 7) is 0.554. The molecule has 2 nitrogen and oxygen atoms in total. The zero-order valence-electron chi connectivity index (χ0n) is 13.0. The predicted molar refractivity (Wildman–Crippen MR) is 89.3 cm³/mol. The van der Waals surface area contributed by atoms with Crippen LogP contribution in [-0.4, -0.2) is 7.11 Å². The van der Waals surface area contributed by atoms with Crippen LogP contribution in [0, 0.1) is 5.92 Å². The highest BCUT2D eigenvalue weighted by atomic mass is 16.5. The molecule has 2 aromatic carbocycles. The second kappa shape index (κ2) is 7.17. The second-order valence-electron chi connectivity index (χ2n) is 5.73. The maximum absolute atomic E-state index is 5.95. The summed E-state index contributed by atoms with van der Waals surface area (Å²) in [4.78, 5) is 0. The molecule has 0 saturated heterocycles. The molecule has 2 aromatic rings. The summed E-state index contributed by atoms with van der Waals surface area (Å²) in [5, 5.41) is 0. The third kappa shape index (κ3) is 4.14. The maximum Gasteiger partial charge on any atom is 0.161 e. The van der Waals surface area contributed by atoms with E-state index in [9.17, 15) is 0 Å². The average Bonchev–Trinajstić information content (AvgIpc) is 3.38. The van der Waals surface area contributed by atoms with E-state index in [1.807, 2.05) is 24.3 Å². The summed E-state index contributed by atoms with van der Waals surface area (Å²) in [6.07, 6.45) is 8.24. The van der Waals surface area contributed by atoms with E-state index in [1.54, 1.807) is 7.11 Å². The molecule has 0 unspecified atom stereocenters. The molecule has 0 aliphatic heterocycles. The Labute approximate surface area is 132 Å². The van der Waals surface area contributed by atoms with Gasteiger partial charge in [0.05, 0.1) is 7.11 Å². The van der Waals surface area contributed by atoms with Gasteiger partial charge < -0.3 is 9.47 Å². The molecule has 1 aliphatic carbocycles. The van der Waals surface area contributed by atoms with Crippen LogP contribution in [0.25, 0.3) is 0 Å². The molecule has 0 heterocycles. The molecule has 1 fully saturated rings. The first kappa shape index (κ1) is 14.7. The zero-order valence-corrected chi connectivity index (χ0v) is 13.0. The minimum atomic E-state index is 0.554. The van der Waals surface area contributed by atoms with Crippen LogP contribution in [0.1, 0.15) is 24.0 Å². The Balaban J connectivity index is 1.67. The minimum Gasteiger partial charge on any atom is -0.493 e. The first-order valence-electron chi connectivity index (χ1n) is 7.85. The normalized spacial score (nSPS) is 14.2. The minimum absolute atomic E-state index is 0.554. The highest BCUT2D eigenvalue weighted by molar-refractivity contribution is 5.43. The van der Waals surface area contributed by atoms with Crippen LogP contribution in [0.15, 0.2) is 60.7 Å². The molecule has 0 spiro atoms. The third-order valence-electron chi connectivity index (χ3n) is 3.85. The van der Waals surface area contributed by atoms with Crippen molar-refractivity contribution >= 4 is 0 Å². The van der Waals surface area contributed by atoms with Crippen molar-refractivity contribution in [2.24, 2.45) is 5.92 Å². The molecule has 1 saturated carbocycles. The van der Waals surface area contributed by atoms with Crippen LogP contribution in [0.2, 0.25) is 0 Å². The number of methoxy groups -OCH3 is 1. The molecule has 3 rings (SSSR count). The smallest absolute Gasteiger partial charge is 0.161 e. The Hall–Kier alpha value is -2.22. The Morgan fingerprint density at radius 2 is 1.82 bits per heavy atom. The first-order chi connectivity index (χ1) is 10.8. The molecule has 0 atom stereocenters. The molecule has 0 radical (unpaired) electrons. The summed E-state index contributed by atoms with van der Waals surface area (Å²) in [5.41, 5.74) is 2.41. The second-order valence-corrected chi connectivity index (χ2v) is 5.73. The molecule has 0 bridgehead atoms. The fourth-order valence-corrected chi connectivity index (χ4v) is 2.38. The van der Waals surface area contributed by atoms with Crippen molar-refractivity contribution in [3.63, 3.8) is 0 Å². The standard InChI is InChI=1S/C20H22O2/c1-21-19-13-12-17(9-5-8-16-10-11-16)14-20(19)22-15-18-6-3-2-4-7-18/h2-8,12-14,16H,9-11,15H2,1H3/b8-5+. The van der Waals surface area contributed by atoms with Crippen molar-refractivity contribution in [3.05, 3.63) is 71.8 Å². The lowest BCUT2D eigenvalue weighted by Gasteiger charge is -2.12. The summed E-state index contributed by atoms with van der Waals surface area (Å²) >= 11 is 0. The van der Waals surface area contributed by atoms with Crippen LogP contribution < -0.4 is 9.47 Å². The van der Waals surface area contributed by atoms with Crippen molar-refractivity contribution in [2.75, 3.05) is 7.11 Å². The topological polar surface area (TPSA) is 18.5 Å². The van der Waals surface area contributed by atoms with Crippen LogP contribution in [-0.2, 0) is 13.0 Å². The molecular formula is C20H22O2. The Morgan fingerprint density at radius 3 is 2.55 bits per heavy atom. The molecule has 22 heavy (non-hydrogen) atoms. The lowest BCUT2D eigenvalue weighted by molar-refractivity contribution is 0.284. The molecule has 0 amide bonds. The Kier molecular flexibility index (Phi) is 4.79. The molecule has 114 valence electrons. The van der Waals surface area contributed by atoms with Crippen LogP contribution in [0.4, 0.5) is 0 Å². The van der Waals surface area contributed by atoms with Crippen LogP contribution >= 0.6 is 0 Å². The van der Waals surface area contributed by atoms with E-state index in [1.165, 1.54) is 18.4 Å². The van der Waals surface area contributed by atoms with Gasteiger partial charge in [-0.05, 0) is 48.4 Å². The zero-order chi connectivity index (χ0) is 15.2. The van der Waals surface area contributed by atoms with E-state index in [2.05, 4.69) is 36.4 Å². The summed E-state index contributed by atoms with van der Waals surface area (Å²) < 4.78 is 11.3. The van der Waals surface area contributed by atoms with Crippen LogP contribution in [0.5, 0.6) is 11.5 Å². The number of allylic oxidation sites excluding steroid dienone is 2. The fraction of sp³-hybridized carbons (Fsp3) is 0.300. The SMILES string of the molecule is COc1ccc(C/C=C/C2CC2)cc1OCc1ccccc1. The Bertz CT molecular complexity index is 627. The van der Waals surface area contributed by atoms with Crippen LogP contribution in [0.3, 0.4) is 0 Å². The van der Waals surface area contributed by atoms with Gasteiger partial charge in [-0.3, -0.25) is 0 Å². The summed E-state index contributed by atoms with van der Waals surface area (Å²) in [5.74, 6) is 2.42. The molecule has 2 heteroatoms. The molecular weight excluding hydrogens is 272 g/mol. The first-order valence-corrected chi connectivity index (χ1v) is 7.85. The Morgan fingerprint density at radius 1 is 1.00 bits per heavy atom. The average molecular weight is 294 g/mol. The van der Waals surface area contributed by atoms with Gasteiger partial charge in [0.25, 0.3) is 0 Å². The third-order valence-corrected chi connectivity index (χ3v) is 3.85. The lowest BCUT2D eigenvalue weighted by Crippen LogP contribution is -1.98. The summed E-state index contributed by atoms with van der Waals surface area (Å²) in [7, 11) is 1.68. The van der Waals surface area contributed by atoms with Gasteiger partial charge in [0.15, 0.2) is 11.5 Å². The number of rotatable bonds is 7. The van der Waals surface area contributed by atoms with Gasteiger partial charge in [0.1, 0.15) is 6.61 Å². The molecule has 0 aromatic heterocycles. The highest BCUT2D eigenvalue weighted by Crippen LogP contribution is 2.31.